The molecule has 0 heterocycles. The van der Waals surface area contributed by atoms with Crippen LogP contribution in [0.4, 0.5) is 0 Å². The van der Waals surface area contributed by atoms with Crippen LogP contribution in [0.25, 0.3) is 0 Å². The van der Waals surface area contributed by atoms with Gasteiger partial charge >= 0.3 is 0 Å². The fourth-order valence-electron chi connectivity index (χ4n) is 1.23. The average Bonchev–Trinajstić information content (AvgIpc) is 2.18. The molecule has 86 valence electrons. The van der Waals surface area contributed by atoms with Gasteiger partial charge in [0.25, 0.3) is 0 Å². The van der Waals surface area contributed by atoms with Crippen molar-refractivity contribution in [3.05, 3.63) is 0 Å². The normalized spacial score (nSPS) is 13.0. The molecule has 0 bridgehead atoms. The van der Waals surface area contributed by atoms with Crippen LogP contribution in [-0.4, -0.2) is 11.9 Å². The van der Waals surface area contributed by atoms with Crippen LogP contribution in [0.5, 0.6) is 0 Å². The number of hydrogen-bond donors (Lipinski definition) is 1. The minimum atomic E-state index is -0.918. The third-order valence-corrected chi connectivity index (χ3v) is 2.47. The Hall–Kier alpha value is -1.04. The van der Waals surface area contributed by atoms with Crippen LogP contribution in [0.1, 0.15) is 53.4 Å². The van der Waals surface area contributed by atoms with Crippen molar-refractivity contribution in [3.63, 3.8) is 0 Å². The van der Waals surface area contributed by atoms with Gasteiger partial charge in [-0.1, -0.05) is 26.2 Å². The third-order valence-electron chi connectivity index (χ3n) is 2.47. The van der Waals surface area contributed by atoms with E-state index in [4.69, 9.17) is 5.26 Å². The molecule has 3 nitrogen and oxygen atoms in total. The zero-order valence-electron chi connectivity index (χ0n) is 10.3. The minimum absolute atomic E-state index is 0.164. The van der Waals surface area contributed by atoms with Crippen molar-refractivity contribution in [1.29, 1.82) is 5.26 Å². The lowest BCUT2D eigenvalue weighted by atomic mass is 9.94. The summed E-state index contributed by atoms with van der Waals surface area (Å²) in [4.78, 5) is 11.6. The summed E-state index contributed by atoms with van der Waals surface area (Å²) in [5.74, 6) is -0.172. The van der Waals surface area contributed by atoms with Gasteiger partial charge in [-0.2, -0.15) is 5.26 Å². The topological polar surface area (TPSA) is 52.9 Å². The Kier molecular flexibility index (Phi) is 6.00. The minimum Gasteiger partial charge on any atom is -0.352 e. The van der Waals surface area contributed by atoms with Crippen molar-refractivity contribution < 1.29 is 4.79 Å². The predicted molar refractivity (Wildman–Crippen MR) is 61.1 cm³/mol. The summed E-state index contributed by atoms with van der Waals surface area (Å²) >= 11 is 0. The molecule has 1 unspecified atom stereocenters. The van der Waals surface area contributed by atoms with Crippen LogP contribution in [0, 0.1) is 16.7 Å². The molecule has 1 amide bonds. The number of hydrogen-bond acceptors (Lipinski definition) is 2. The van der Waals surface area contributed by atoms with E-state index in [9.17, 15) is 4.79 Å². The number of unbranched alkanes of at least 4 members (excludes halogenated alkanes) is 2. The van der Waals surface area contributed by atoms with E-state index in [1.165, 1.54) is 12.8 Å². The Morgan fingerprint density at radius 1 is 1.47 bits per heavy atom. The van der Waals surface area contributed by atoms with E-state index in [1.807, 2.05) is 13.0 Å². The molecule has 0 aliphatic heterocycles. The van der Waals surface area contributed by atoms with E-state index in [-0.39, 0.29) is 11.9 Å². The number of nitrogens with zero attached hydrogens (tertiary/aromatic N) is 1. The molecular formula is C12H22N2O. The van der Waals surface area contributed by atoms with Gasteiger partial charge in [0.2, 0.25) is 5.91 Å². The summed E-state index contributed by atoms with van der Waals surface area (Å²) in [7, 11) is 0. The number of rotatable bonds is 6. The standard InChI is InChI=1S/C12H22N2O/c1-5-6-7-8-10(2)14-11(15)12(3,4)9-13/h10H,5-8H2,1-4H3,(H,14,15). The molecule has 0 aliphatic carbocycles. The van der Waals surface area contributed by atoms with Gasteiger partial charge in [-0.05, 0) is 27.2 Å². The first-order chi connectivity index (χ1) is 6.94. The monoisotopic (exact) mass is 210 g/mol. The van der Waals surface area contributed by atoms with Crippen LogP contribution < -0.4 is 5.32 Å². The third kappa shape index (κ3) is 5.41. The van der Waals surface area contributed by atoms with Crippen molar-refractivity contribution >= 4 is 5.91 Å². The molecule has 0 aromatic heterocycles. The quantitative estimate of drug-likeness (QED) is 0.685. The van der Waals surface area contributed by atoms with E-state index in [0.29, 0.717) is 0 Å². The first-order valence-electron chi connectivity index (χ1n) is 5.66. The van der Waals surface area contributed by atoms with Gasteiger partial charge in [0.15, 0.2) is 0 Å². The number of nitriles is 1. The Morgan fingerprint density at radius 3 is 2.53 bits per heavy atom. The maximum Gasteiger partial charge on any atom is 0.240 e. The second-order valence-corrected chi connectivity index (χ2v) is 4.61. The highest BCUT2D eigenvalue weighted by atomic mass is 16.2. The zero-order chi connectivity index (χ0) is 11.9. The first kappa shape index (κ1) is 14.0. The van der Waals surface area contributed by atoms with Gasteiger partial charge in [-0.3, -0.25) is 4.79 Å². The van der Waals surface area contributed by atoms with Crippen molar-refractivity contribution in [1.82, 2.24) is 5.32 Å². The Balaban J connectivity index is 3.92. The molecule has 1 N–H and O–H groups in total. The number of carbonyl (C=O) groups excluding carboxylic acids is 1. The van der Waals surface area contributed by atoms with Crippen molar-refractivity contribution in [2.24, 2.45) is 5.41 Å². The van der Waals surface area contributed by atoms with Crippen LogP contribution in [0.15, 0.2) is 0 Å². The summed E-state index contributed by atoms with van der Waals surface area (Å²) in [6.07, 6.45) is 4.50. The Morgan fingerprint density at radius 2 is 2.07 bits per heavy atom. The van der Waals surface area contributed by atoms with Gasteiger partial charge in [0, 0.05) is 6.04 Å². The molecule has 0 saturated carbocycles. The molecule has 15 heavy (non-hydrogen) atoms. The Bertz CT molecular complexity index is 240. The molecule has 1 atom stereocenters. The highest BCUT2D eigenvalue weighted by molar-refractivity contribution is 5.84. The van der Waals surface area contributed by atoms with Gasteiger partial charge in [0.1, 0.15) is 5.41 Å². The predicted octanol–water partition coefficient (Wildman–Crippen LogP) is 2.62. The fraction of sp³-hybridized carbons (Fsp3) is 0.833. The van der Waals surface area contributed by atoms with E-state index in [2.05, 4.69) is 12.2 Å². The van der Waals surface area contributed by atoms with Crippen molar-refractivity contribution in [2.45, 2.75) is 59.4 Å². The van der Waals surface area contributed by atoms with E-state index in [0.717, 1.165) is 12.8 Å². The molecule has 0 fully saturated rings. The van der Waals surface area contributed by atoms with Gasteiger partial charge in [0.05, 0.1) is 6.07 Å². The van der Waals surface area contributed by atoms with Crippen LogP contribution >= 0.6 is 0 Å². The molecule has 0 aliphatic rings. The van der Waals surface area contributed by atoms with E-state index >= 15 is 0 Å². The number of nitrogens with one attached hydrogen (secondary N) is 1. The van der Waals surface area contributed by atoms with Crippen molar-refractivity contribution in [2.75, 3.05) is 0 Å². The molecule has 0 rings (SSSR count). The van der Waals surface area contributed by atoms with E-state index < -0.39 is 5.41 Å². The van der Waals surface area contributed by atoms with E-state index in [1.54, 1.807) is 13.8 Å². The smallest absolute Gasteiger partial charge is 0.240 e. The molecule has 0 saturated heterocycles. The maximum atomic E-state index is 11.6. The SMILES string of the molecule is CCCCCC(C)NC(=O)C(C)(C)C#N. The molecule has 0 aromatic carbocycles. The molecular weight excluding hydrogens is 188 g/mol. The molecule has 0 aromatic rings. The highest BCUT2D eigenvalue weighted by Crippen LogP contribution is 2.14. The van der Waals surface area contributed by atoms with Crippen LogP contribution in [-0.2, 0) is 4.79 Å². The summed E-state index contributed by atoms with van der Waals surface area (Å²) in [6.45, 7) is 7.42. The molecule has 3 heteroatoms. The second-order valence-electron chi connectivity index (χ2n) is 4.61. The molecule has 0 spiro atoms. The lowest BCUT2D eigenvalue weighted by Crippen LogP contribution is -2.41. The van der Waals surface area contributed by atoms with Crippen LogP contribution in [0.3, 0.4) is 0 Å². The van der Waals surface area contributed by atoms with Gasteiger partial charge < -0.3 is 5.32 Å². The summed E-state index contributed by atoms with van der Waals surface area (Å²) in [5.41, 5.74) is -0.918. The number of amides is 1. The highest BCUT2D eigenvalue weighted by Gasteiger charge is 2.27. The molecule has 0 radical (unpaired) electrons. The largest absolute Gasteiger partial charge is 0.352 e. The lowest BCUT2D eigenvalue weighted by molar-refractivity contribution is -0.127. The Labute approximate surface area is 92.9 Å². The van der Waals surface area contributed by atoms with Crippen LogP contribution in [0.2, 0.25) is 0 Å². The summed E-state index contributed by atoms with van der Waals surface area (Å²) in [6, 6.07) is 2.17. The fourth-order valence-corrected chi connectivity index (χ4v) is 1.23. The average molecular weight is 210 g/mol. The van der Waals surface area contributed by atoms with Crippen molar-refractivity contribution in [3.8, 4) is 6.07 Å². The summed E-state index contributed by atoms with van der Waals surface area (Å²) in [5, 5.41) is 11.6. The number of carbonyl (C=O) groups is 1. The zero-order valence-corrected chi connectivity index (χ0v) is 10.3. The summed E-state index contributed by atoms with van der Waals surface area (Å²) < 4.78 is 0. The van der Waals surface area contributed by atoms with Gasteiger partial charge in [-0.25, -0.2) is 0 Å². The lowest BCUT2D eigenvalue weighted by Gasteiger charge is -2.19. The van der Waals surface area contributed by atoms with Gasteiger partial charge in [-0.15, -0.1) is 0 Å². The maximum absolute atomic E-state index is 11.6. The second kappa shape index (κ2) is 6.44. The first-order valence-corrected chi connectivity index (χ1v) is 5.66.